The van der Waals surface area contributed by atoms with E-state index in [0.29, 0.717) is 11.0 Å². The van der Waals surface area contributed by atoms with Crippen LogP contribution in [-0.4, -0.2) is 46.3 Å². The van der Waals surface area contributed by atoms with Crippen molar-refractivity contribution in [3.05, 3.63) is 70.9 Å². The van der Waals surface area contributed by atoms with E-state index in [1.54, 1.807) is 6.20 Å². The monoisotopic (exact) mass is 394 g/mol. The van der Waals surface area contributed by atoms with Crippen LogP contribution in [0.4, 0.5) is 17.5 Å². The van der Waals surface area contributed by atoms with Crippen molar-refractivity contribution in [1.82, 2.24) is 20.1 Å². The van der Waals surface area contributed by atoms with Gasteiger partial charge in [0.2, 0.25) is 5.95 Å². The number of nitrogens with one attached hydrogen (secondary N) is 1. The number of hydrogen-bond donors (Lipinski definition) is 1. The Hall–Kier alpha value is -2.70. The fourth-order valence-corrected chi connectivity index (χ4v) is 3.59. The minimum absolute atomic E-state index is 0.495. The molecule has 144 valence electrons. The van der Waals surface area contributed by atoms with Crippen LogP contribution >= 0.6 is 11.6 Å². The van der Waals surface area contributed by atoms with Crippen molar-refractivity contribution in [2.75, 3.05) is 36.4 Å². The first-order valence-corrected chi connectivity index (χ1v) is 9.79. The summed E-state index contributed by atoms with van der Waals surface area (Å²) >= 11 is 6.03. The highest BCUT2D eigenvalue weighted by molar-refractivity contribution is 6.30. The summed E-state index contributed by atoms with van der Waals surface area (Å²) in [7, 11) is 0. The van der Waals surface area contributed by atoms with Crippen molar-refractivity contribution in [3.63, 3.8) is 0 Å². The van der Waals surface area contributed by atoms with E-state index in [1.165, 1.54) is 5.56 Å². The summed E-state index contributed by atoms with van der Waals surface area (Å²) in [5, 5.41) is 12.2. The Kier molecular flexibility index (Phi) is 5.69. The first kappa shape index (κ1) is 18.7. The van der Waals surface area contributed by atoms with Gasteiger partial charge in [-0.2, -0.15) is 10.1 Å². The first-order chi connectivity index (χ1) is 13.7. The molecule has 0 unspecified atom stereocenters. The van der Waals surface area contributed by atoms with Crippen LogP contribution in [0.1, 0.15) is 11.1 Å². The standard InChI is InChI=1S/C21H23ClN6/c1-16-13-18(22)7-8-19(16)24-21-25-20(14-23-26-21)28-11-9-27(10-12-28)15-17-5-3-2-4-6-17/h2-8,13-14H,9-12,15H2,1H3,(H,24,25,26). The molecular formula is C21H23ClN6. The van der Waals surface area contributed by atoms with Crippen molar-refractivity contribution in [1.29, 1.82) is 0 Å². The number of aromatic nitrogens is 3. The summed E-state index contributed by atoms with van der Waals surface area (Å²) in [5.41, 5.74) is 3.32. The summed E-state index contributed by atoms with van der Waals surface area (Å²) in [6.07, 6.45) is 1.73. The number of halogens is 1. The molecule has 1 saturated heterocycles. The average molecular weight is 395 g/mol. The van der Waals surface area contributed by atoms with E-state index in [-0.39, 0.29) is 0 Å². The first-order valence-electron chi connectivity index (χ1n) is 9.41. The van der Waals surface area contributed by atoms with E-state index in [4.69, 9.17) is 11.6 Å². The van der Waals surface area contributed by atoms with Gasteiger partial charge in [-0.15, -0.1) is 5.10 Å². The molecule has 0 bridgehead atoms. The normalized spacial score (nSPS) is 14.9. The molecule has 1 N–H and O–H groups in total. The van der Waals surface area contributed by atoms with Crippen molar-refractivity contribution in [3.8, 4) is 0 Å². The molecule has 1 fully saturated rings. The number of rotatable bonds is 5. The van der Waals surface area contributed by atoms with Crippen LogP contribution in [0.5, 0.6) is 0 Å². The topological polar surface area (TPSA) is 57.2 Å². The Balaban J connectivity index is 1.38. The van der Waals surface area contributed by atoms with Gasteiger partial charge in [0.15, 0.2) is 5.82 Å². The molecule has 1 aliphatic heterocycles. The fraction of sp³-hybridized carbons (Fsp3) is 0.286. The number of benzene rings is 2. The third kappa shape index (κ3) is 4.58. The highest BCUT2D eigenvalue weighted by Gasteiger charge is 2.19. The SMILES string of the molecule is Cc1cc(Cl)ccc1Nc1nncc(N2CCN(Cc3ccccc3)CC2)n1. The van der Waals surface area contributed by atoms with E-state index in [1.807, 2.05) is 25.1 Å². The summed E-state index contributed by atoms with van der Waals surface area (Å²) in [6, 6.07) is 16.3. The second-order valence-electron chi connectivity index (χ2n) is 6.97. The van der Waals surface area contributed by atoms with Gasteiger partial charge in [0, 0.05) is 43.4 Å². The Morgan fingerprint density at radius 3 is 2.57 bits per heavy atom. The Morgan fingerprint density at radius 2 is 1.82 bits per heavy atom. The lowest BCUT2D eigenvalue weighted by molar-refractivity contribution is 0.249. The minimum Gasteiger partial charge on any atom is -0.353 e. The number of nitrogens with zero attached hydrogens (tertiary/aromatic N) is 5. The van der Waals surface area contributed by atoms with Gasteiger partial charge in [-0.05, 0) is 36.2 Å². The maximum absolute atomic E-state index is 6.03. The highest BCUT2D eigenvalue weighted by Crippen LogP contribution is 2.23. The molecule has 0 spiro atoms. The van der Waals surface area contributed by atoms with Crippen LogP contribution in [0.3, 0.4) is 0 Å². The molecule has 1 aromatic heterocycles. The predicted molar refractivity (Wildman–Crippen MR) is 113 cm³/mol. The summed E-state index contributed by atoms with van der Waals surface area (Å²) in [5.74, 6) is 1.35. The zero-order valence-corrected chi connectivity index (χ0v) is 16.6. The van der Waals surface area contributed by atoms with Gasteiger partial charge in [0.25, 0.3) is 0 Å². The molecule has 0 atom stereocenters. The van der Waals surface area contributed by atoms with Crippen LogP contribution in [-0.2, 0) is 6.54 Å². The maximum Gasteiger partial charge on any atom is 0.249 e. The van der Waals surface area contributed by atoms with E-state index in [9.17, 15) is 0 Å². The lowest BCUT2D eigenvalue weighted by Gasteiger charge is -2.35. The van der Waals surface area contributed by atoms with Crippen molar-refractivity contribution < 1.29 is 0 Å². The third-order valence-electron chi connectivity index (χ3n) is 4.93. The highest BCUT2D eigenvalue weighted by atomic mass is 35.5. The largest absolute Gasteiger partial charge is 0.353 e. The molecule has 2 aromatic carbocycles. The maximum atomic E-state index is 6.03. The molecule has 2 heterocycles. The second kappa shape index (κ2) is 8.54. The van der Waals surface area contributed by atoms with E-state index in [2.05, 4.69) is 60.6 Å². The van der Waals surface area contributed by atoms with Gasteiger partial charge in [-0.3, -0.25) is 4.90 Å². The van der Waals surface area contributed by atoms with E-state index in [0.717, 1.165) is 49.8 Å². The summed E-state index contributed by atoms with van der Waals surface area (Å²) in [6.45, 7) is 6.82. The lowest BCUT2D eigenvalue weighted by atomic mass is 10.2. The molecule has 0 amide bonds. The predicted octanol–water partition coefficient (Wildman–Crippen LogP) is 3.90. The minimum atomic E-state index is 0.495. The van der Waals surface area contributed by atoms with Gasteiger partial charge in [0.05, 0.1) is 6.20 Å². The van der Waals surface area contributed by atoms with Gasteiger partial charge in [0.1, 0.15) is 0 Å². The molecule has 6 nitrogen and oxygen atoms in total. The lowest BCUT2D eigenvalue weighted by Crippen LogP contribution is -2.46. The Labute approximate surface area is 170 Å². The van der Waals surface area contributed by atoms with Crippen molar-refractivity contribution in [2.45, 2.75) is 13.5 Å². The van der Waals surface area contributed by atoms with E-state index < -0.39 is 0 Å². The Bertz CT molecular complexity index is 925. The molecule has 0 saturated carbocycles. The molecule has 0 aliphatic carbocycles. The molecule has 4 rings (SSSR count). The number of anilines is 3. The van der Waals surface area contributed by atoms with Crippen molar-refractivity contribution >= 4 is 29.1 Å². The Morgan fingerprint density at radius 1 is 1.04 bits per heavy atom. The van der Waals surface area contributed by atoms with Crippen molar-refractivity contribution in [2.24, 2.45) is 0 Å². The molecule has 0 radical (unpaired) electrons. The number of aryl methyl sites for hydroxylation is 1. The molecule has 3 aromatic rings. The van der Waals surface area contributed by atoms with Crippen LogP contribution in [0.25, 0.3) is 0 Å². The fourth-order valence-electron chi connectivity index (χ4n) is 3.36. The van der Waals surface area contributed by atoms with Gasteiger partial charge < -0.3 is 10.2 Å². The van der Waals surface area contributed by atoms with Gasteiger partial charge in [-0.1, -0.05) is 41.9 Å². The number of piperazine rings is 1. The molecular weight excluding hydrogens is 372 g/mol. The van der Waals surface area contributed by atoms with Crippen LogP contribution < -0.4 is 10.2 Å². The van der Waals surface area contributed by atoms with Crippen LogP contribution in [0.15, 0.2) is 54.7 Å². The molecule has 28 heavy (non-hydrogen) atoms. The van der Waals surface area contributed by atoms with Crippen LogP contribution in [0, 0.1) is 6.92 Å². The quantitative estimate of drug-likeness (QED) is 0.708. The summed E-state index contributed by atoms with van der Waals surface area (Å²) in [4.78, 5) is 9.38. The summed E-state index contributed by atoms with van der Waals surface area (Å²) < 4.78 is 0. The van der Waals surface area contributed by atoms with Gasteiger partial charge in [-0.25, -0.2) is 0 Å². The average Bonchev–Trinajstić information content (AvgIpc) is 2.72. The third-order valence-corrected chi connectivity index (χ3v) is 5.16. The van der Waals surface area contributed by atoms with Gasteiger partial charge >= 0.3 is 0 Å². The zero-order valence-electron chi connectivity index (χ0n) is 15.8. The molecule has 1 aliphatic rings. The van der Waals surface area contributed by atoms with Crippen LogP contribution in [0.2, 0.25) is 5.02 Å². The zero-order chi connectivity index (χ0) is 19.3. The van der Waals surface area contributed by atoms with E-state index >= 15 is 0 Å². The number of hydrogen-bond acceptors (Lipinski definition) is 6. The molecule has 7 heteroatoms. The smallest absolute Gasteiger partial charge is 0.249 e. The second-order valence-corrected chi connectivity index (χ2v) is 7.41.